The van der Waals surface area contributed by atoms with Gasteiger partial charge in [-0.3, -0.25) is 4.90 Å². The molecule has 2 aliphatic rings. The van der Waals surface area contributed by atoms with Crippen molar-refractivity contribution in [2.75, 3.05) is 44.6 Å². The van der Waals surface area contributed by atoms with Crippen molar-refractivity contribution in [3.05, 3.63) is 65.7 Å². The van der Waals surface area contributed by atoms with E-state index < -0.39 is 11.9 Å². The monoisotopic (exact) mass is 585 g/mol. The van der Waals surface area contributed by atoms with Gasteiger partial charge in [0.15, 0.2) is 0 Å². The molecule has 0 bridgehead atoms. The van der Waals surface area contributed by atoms with E-state index >= 15 is 4.39 Å². The number of piperazine rings is 1. The Kier molecular flexibility index (Phi) is 8.43. The summed E-state index contributed by atoms with van der Waals surface area (Å²) in [6.07, 6.45) is 1.76. The molecule has 2 aliphatic heterocycles. The number of carbonyl (C=O) groups is 1. The molecule has 0 aliphatic carbocycles. The van der Waals surface area contributed by atoms with Crippen LogP contribution in [0.2, 0.25) is 0 Å². The van der Waals surface area contributed by atoms with Gasteiger partial charge in [0.1, 0.15) is 17.8 Å². The molecular weight excluding hydrogens is 545 g/mol. The van der Waals surface area contributed by atoms with Crippen molar-refractivity contribution in [2.45, 2.75) is 39.8 Å². The van der Waals surface area contributed by atoms with Gasteiger partial charge in [-0.25, -0.2) is 19.2 Å². The molecule has 2 saturated heterocycles. The van der Waals surface area contributed by atoms with E-state index in [-0.39, 0.29) is 18.5 Å². The third-order valence-electron chi connectivity index (χ3n) is 8.64. The van der Waals surface area contributed by atoms with E-state index in [0.29, 0.717) is 40.6 Å². The minimum atomic E-state index is -0.558. The average Bonchev–Trinajstić information content (AvgIpc) is 3.59. The van der Waals surface area contributed by atoms with Gasteiger partial charge in [-0.2, -0.15) is 0 Å². The third-order valence-corrected chi connectivity index (χ3v) is 8.64. The Bertz CT molecular complexity index is 1600. The van der Waals surface area contributed by atoms with Gasteiger partial charge in [-0.1, -0.05) is 38.1 Å². The van der Waals surface area contributed by atoms with E-state index in [2.05, 4.69) is 68.6 Å². The first-order valence-corrected chi connectivity index (χ1v) is 15.2. The van der Waals surface area contributed by atoms with Crippen molar-refractivity contribution in [1.82, 2.24) is 30.1 Å². The predicted octanol–water partition coefficient (Wildman–Crippen LogP) is 5.02. The van der Waals surface area contributed by atoms with Crippen LogP contribution in [0, 0.1) is 24.6 Å². The molecule has 0 spiro atoms. The fourth-order valence-corrected chi connectivity index (χ4v) is 6.33. The second kappa shape index (κ2) is 12.4. The fraction of sp³-hybridized carbons (Fsp3) is 0.424. The number of halogens is 1. The summed E-state index contributed by atoms with van der Waals surface area (Å²) >= 11 is 0. The SMILES string of the molecule is Cc1c(NC(=O)N2CC(O)C(CC(C)C)C2)cc(F)cc1-c1ncnc2[nH]c(-c3ccc(CN4CCNCC4)cc3)cc12. The van der Waals surface area contributed by atoms with Crippen LogP contribution >= 0.6 is 0 Å². The predicted molar refractivity (Wildman–Crippen MR) is 167 cm³/mol. The van der Waals surface area contributed by atoms with Crippen molar-refractivity contribution < 1.29 is 14.3 Å². The summed E-state index contributed by atoms with van der Waals surface area (Å²) in [4.78, 5) is 29.6. The van der Waals surface area contributed by atoms with Crippen LogP contribution in [0.25, 0.3) is 33.5 Å². The van der Waals surface area contributed by atoms with Gasteiger partial charge in [0, 0.05) is 74.1 Å². The van der Waals surface area contributed by atoms with Gasteiger partial charge in [0.2, 0.25) is 0 Å². The summed E-state index contributed by atoms with van der Waals surface area (Å²) in [5.41, 5.74) is 6.10. The van der Waals surface area contributed by atoms with Gasteiger partial charge in [-0.15, -0.1) is 0 Å². The number of aromatic amines is 1. The minimum absolute atomic E-state index is 0.0374. The number of fused-ring (bicyclic) bond motifs is 1. The van der Waals surface area contributed by atoms with E-state index in [1.54, 1.807) is 4.90 Å². The first-order valence-electron chi connectivity index (χ1n) is 15.2. The highest BCUT2D eigenvalue weighted by Crippen LogP contribution is 2.35. The van der Waals surface area contributed by atoms with Crippen molar-refractivity contribution in [3.8, 4) is 22.5 Å². The smallest absolute Gasteiger partial charge is 0.321 e. The molecule has 2 amide bonds. The van der Waals surface area contributed by atoms with Crippen LogP contribution in [0.1, 0.15) is 31.4 Å². The van der Waals surface area contributed by atoms with Crippen molar-refractivity contribution in [1.29, 1.82) is 0 Å². The quantitative estimate of drug-likeness (QED) is 0.243. The number of aliphatic hydroxyl groups is 1. The molecule has 6 rings (SSSR count). The number of H-pyrrole nitrogens is 1. The largest absolute Gasteiger partial charge is 0.391 e. The standard InChI is InChI=1S/C33H40FN7O2/c1-20(2)12-24-17-41(18-30(24)42)33(43)39-28-14-25(34)13-26(21(28)3)31-27-15-29(38-32(27)37-19-36-31)23-6-4-22(5-7-23)16-40-10-8-35-9-11-40/h4-7,13-15,19-20,24,30,35,42H,8-12,16-18H2,1-3H3,(H,39,43)(H,36,37,38). The molecule has 4 N–H and O–H groups in total. The zero-order chi connectivity index (χ0) is 30.1. The second-order valence-corrected chi connectivity index (χ2v) is 12.3. The maximum absolute atomic E-state index is 15.0. The number of carbonyl (C=O) groups excluding carboxylic acids is 1. The van der Waals surface area contributed by atoms with E-state index in [4.69, 9.17) is 0 Å². The van der Waals surface area contributed by atoms with Crippen LogP contribution in [-0.4, -0.2) is 81.3 Å². The van der Waals surface area contributed by atoms with E-state index in [1.807, 2.05) is 13.0 Å². The van der Waals surface area contributed by atoms with Crippen LogP contribution in [-0.2, 0) is 6.54 Å². The molecule has 4 aromatic rings. The number of nitrogens with zero attached hydrogens (tertiary/aromatic N) is 4. The molecule has 0 radical (unpaired) electrons. The molecule has 10 heteroatoms. The molecule has 2 atom stereocenters. The average molecular weight is 586 g/mol. The fourth-order valence-electron chi connectivity index (χ4n) is 6.33. The number of likely N-dealkylation sites (tertiary alicyclic amines) is 1. The number of amides is 2. The van der Waals surface area contributed by atoms with Crippen LogP contribution < -0.4 is 10.6 Å². The number of rotatable bonds is 7. The van der Waals surface area contributed by atoms with Gasteiger partial charge >= 0.3 is 6.03 Å². The number of β-amino-alcohol motifs (C(OH)–C–C–N with tert-alkyl or cyclic N) is 1. The first kappa shape index (κ1) is 29.2. The normalized spacial score (nSPS) is 19.4. The lowest BCUT2D eigenvalue weighted by atomic mass is 9.95. The number of hydrogen-bond donors (Lipinski definition) is 4. The van der Waals surface area contributed by atoms with Crippen LogP contribution in [0.4, 0.5) is 14.9 Å². The molecule has 9 nitrogen and oxygen atoms in total. The number of urea groups is 1. The number of benzene rings is 2. The third kappa shape index (κ3) is 6.41. The van der Waals surface area contributed by atoms with Crippen LogP contribution in [0.3, 0.4) is 0 Å². The Morgan fingerprint density at radius 1 is 1.12 bits per heavy atom. The maximum atomic E-state index is 15.0. The van der Waals surface area contributed by atoms with Gasteiger partial charge in [0.25, 0.3) is 0 Å². The van der Waals surface area contributed by atoms with Crippen LogP contribution in [0.15, 0.2) is 48.8 Å². The number of hydrogen-bond acceptors (Lipinski definition) is 6. The summed E-state index contributed by atoms with van der Waals surface area (Å²) in [5, 5.41) is 17.5. The zero-order valence-electron chi connectivity index (χ0n) is 25.0. The molecule has 2 unspecified atom stereocenters. The minimum Gasteiger partial charge on any atom is -0.391 e. The molecule has 4 heterocycles. The Hall–Kier alpha value is -3.86. The Morgan fingerprint density at radius 3 is 2.63 bits per heavy atom. The molecule has 226 valence electrons. The zero-order valence-corrected chi connectivity index (χ0v) is 25.0. The lowest BCUT2D eigenvalue weighted by Gasteiger charge is -2.27. The van der Waals surface area contributed by atoms with Crippen molar-refractivity contribution in [3.63, 3.8) is 0 Å². The van der Waals surface area contributed by atoms with Crippen molar-refractivity contribution in [2.24, 2.45) is 11.8 Å². The van der Waals surface area contributed by atoms with Gasteiger partial charge in [-0.05, 0) is 54.2 Å². The van der Waals surface area contributed by atoms with E-state index in [1.165, 1.54) is 24.0 Å². The summed E-state index contributed by atoms with van der Waals surface area (Å²) in [6.45, 7) is 11.9. The molecular formula is C33H40FN7O2. The van der Waals surface area contributed by atoms with Crippen LogP contribution in [0.5, 0.6) is 0 Å². The molecule has 2 aromatic carbocycles. The molecule has 2 aromatic heterocycles. The number of aromatic nitrogens is 3. The highest BCUT2D eigenvalue weighted by Gasteiger charge is 2.34. The number of anilines is 1. The summed E-state index contributed by atoms with van der Waals surface area (Å²) in [6, 6.07) is 13.0. The Balaban J connectivity index is 1.24. The molecule has 43 heavy (non-hydrogen) atoms. The second-order valence-electron chi connectivity index (χ2n) is 12.3. The van der Waals surface area contributed by atoms with E-state index in [9.17, 15) is 9.90 Å². The van der Waals surface area contributed by atoms with Gasteiger partial charge < -0.3 is 25.6 Å². The lowest BCUT2D eigenvalue weighted by Crippen LogP contribution is -2.42. The van der Waals surface area contributed by atoms with Gasteiger partial charge in [0.05, 0.1) is 11.8 Å². The van der Waals surface area contributed by atoms with Crippen molar-refractivity contribution >= 4 is 22.8 Å². The maximum Gasteiger partial charge on any atom is 0.321 e. The summed E-state index contributed by atoms with van der Waals surface area (Å²) in [5.74, 6) is -0.0100. The molecule has 0 saturated carbocycles. The summed E-state index contributed by atoms with van der Waals surface area (Å²) in [7, 11) is 0. The lowest BCUT2D eigenvalue weighted by molar-refractivity contribution is 0.132. The number of nitrogens with one attached hydrogen (secondary N) is 3. The molecule has 2 fully saturated rings. The number of aliphatic hydroxyl groups excluding tert-OH is 1. The highest BCUT2D eigenvalue weighted by molar-refractivity contribution is 5.97. The Morgan fingerprint density at radius 2 is 1.88 bits per heavy atom. The first-order chi connectivity index (χ1) is 20.7. The topological polar surface area (TPSA) is 109 Å². The summed E-state index contributed by atoms with van der Waals surface area (Å²) < 4.78 is 15.0. The highest BCUT2D eigenvalue weighted by atomic mass is 19.1. The van der Waals surface area contributed by atoms with E-state index in [0.717, 1.165) is 55.8 Å². The Labute approximate surface area is 251 Å².